The van der Waals surface area contributed by atoms with E-state index in [0.717, 1.165) is 33.5 Å². The van der Waals surface area contributed by atoms with Gasteiger partial charge in [0.1, 0.15) is 12.9 Å². The van der Waals surface area contributed by atoms with Crippen LogP contribution in [0.4, 0.5) is 0 Å². The van der Waals surface area contributed by atoms with Crippen molar-refractivity contribution in [2.75, 3.05) is 0 Å². The summed E-state index contributed by atoms with van der Waals surface area (Å²) in [7, 11) is 1.95. The van der Waals surface area contributed by atoms with Crippen LogP contribution >= 0.6 is 0 Å². The quantitative estimate of drug-likeness (QED) is 0.424. The summed E-state index contributed by atoms with van der Waals surface area (Å²) in [6.45, 7) is 3.34. The molecular weight excluding hydrogens is 354 g/mol. The van der Waals surface area contributed by atoms with Gasteiger partial charge < -0.3 is 4.57 Å². The fourth-order valence-corrected chi connectivity index (χ4v) is 4.34. The highest BCUT2D eigenvalue weighted by atomic mass is 15.1. The third kappa shape index (κ3) is 2.71. The van der Waals surface area contributed by atoms with Crippen LogP contribution in [0.2, 0.25) is 0 Å². The minimum Gasteiger partial charge on any atom is -0.303 e. The first-order valence-corrected chi connectivity index (χ1v) is 10.1. The molecule has 3 nitrogen and oxygen atoms in total. The van der Waals surface area contributed by atoms with Crippen molar-refractivity contribution in [3.8, 4) is 11.3 Å². The van der Waals surface area contributed by atoms with E-state index in [0.29, 0.717) is 28.6 Å². The van der Waals surface area contributed by atoms with Gasteiger partial charge in [-0.3, -0.25) is 0 Å². The molecule has 0 amide bonds. The van der Waals surface area contributed by atoms with Gasteiger partial charge >= 0.3 is 0 Å². The number of allylic oxidation sites excluding steroid dienone is 1. The Morgan fingerprint density at radius 1 is 1.24 bits per heavy atom. The van der Waals surface area contributed by atoms with Crippen LogP contribution in [0.25, 0.3) is 39.4 Å². The lowest BCUT2D eigenvalue weighted by Crippen LogP contribution is -2.32. The number of nitrogens with zero attached hydrogens (tertiary/aromatic N) is 3. The summed E-state index contributed by atoms with van der Waals surface area (Å²) in [4.78, 5) is 4.67. The summed E-state index contributed by atoms with van der Waals surface area (Å²) < 4.78 is 46.0. The lowest BCUT2D eigenvalue weighted by atomic mass is 9.95. The molecule has 0 saturated carbocycles. The van der Waals surface area contributed by atoms with Crippen molar-refractivity contribution in [1.29, 1.82) is 0 Å². The second-order valence-electron chi connectivity index (χ2n) is 8.09. The van der Waals surface area contributed by atoms with E-state index in [4.69, 9.17) is 6.85 Å². The number of hydrogen-bond donors (Lipinski definition) is 0. The highest BCUT2D eigenvalue weighted by Crippen LogP contribution is 2.33. The molecule has 146 valence electrons. The predicted octanol–water partition coefficient (Wildman–Crippen LogP) is 5.52. The molecule has 0 atom stereocenters. The maximum absolute atomic E-state index is 8.65. The summed E-state index contributed by atoms with van der Waals surface area (Å²) >= 11 is 0. The molecule has 0 unspecified atom stereocenters. The Hall–Kier alpha value is -2.94. The number of pyridine rings is 1. The molecule has 0 saturated heterocycles. The second-order valence-corrected chi connectivity index (χ2v) is 8.09. The van der Waals surface area contributed by atoms with Gasteiger partial charge in [0, 0.05) is 37.0 Å². The number of hydrogen-bond acceptors (Lipinski definition) is 1. The molecule has 0 spiro atoms. The van der Waals surface area contributed by atoms with Crippen LogP contribution in [0.1, 0.15) is 43.2 Å². The van der Waals surface area contributed by atoms with Crippen LogP contribution in [0, 0.1) is 19.7 Å². The van der Waals surface area contributed by atoms with Crippen molar-refractivity contribution in [3.63, 3.8) is 0 Å². The first kappa shape index (κ1) is 13.3. The second kappa shape index (κ2) is 6.55. The third-order valence-corrected chi connectivity index (χ3v) is 5.81. The van der Waals surface area contributed by atoms with Crippen LogP contribution in [0.5, 0.6) is 0 Å². The number of aromatic nitrogens is 3. The average Bonchev–Trinajstić information content (AvgIpc) is 3.34. The largest absolute Gasteiger partial charge is 0.303 e. The molecule has 0 N–H and O–H groups in total. The third-order valence-electron chi connectivity index (χ3n) is 5.81. The lowest BCUT2D eigenvalue weighted by molar-refractivity contribution is -0.633. The smallest absolute Gasteiger partial charge is 0.213 e. The Kier molecular flexibility index (Phi) is 3.01. The summed E-state index contributed by atoms with van der Waals surface area (Å²) in [5.74, 6) is 0.673. The van der Waals surface area contributed by atoms with Gasteiger partial charge in [-0.05, 0) is 54.9 Å². The fourth-order valence-electron chi connectivity index (χ4n) is 4.34. The van der Waals surface area contributed by atoms with Crippen LogP contribution in [-0.2, 0) is 19.8 Å². The first-order chi connectivity index (χ1) is 15.9. The molecule has 4 aromatic rings. The molecule has 0 aliphatic carbocycles. The minimum atomic E-state index is -2.30. The molecule has 3 heteroatoms. The zero-order chi connectivity index (χ0) is 24.6. The van der Waals surface area contributed by atoms with E-state index in [1.807, 2.05) is 85.6 Å². The van der Waals surface area contributed by atoms with Crippen molar-refractivity contribution in [1.82, 2.24) is 9.55 Å². The van der Waals surface area contributed by atoms with Gasteiger partial charge in [0.2, 0.25) is 11.2 Å². The minimum absolute atomic E-state index is 0.174. The van der Waals surface area contributed by atoms with Gasteiger partial charge in [-0.15, -0.1) is 0 Å². The molecule has 0 radical (unpaired) electrons. The van der Waals surface area contributed by atoms with Gasteiger partial charge in [0.05, 0.1) is 16.6 Å². The van der Waals surface area contributed by atoms with E-state index in [1.54, 1.807) is 0 Å². The van der Waals surface area contributed by atoms with Crippen LogP contribution in [0.3, 0.4) is 0 Å². The standard InChI is InChI=1S/C26H28N3/c1-16(2)14-19-8-6-9-22-20(19)11-12-23(28(22)5)21-15-24-26(18(4)17(21)3)27-25-10-7-13-29(24)25/h6-9,11-13,15-16H,10,14H2,1-5H3/q+1/i4D3,14D2. The monoisotopic (exact) mass is 387 g/mol. The van der Waals surface area contributed by atoms with Crippen molar-refractivity contribution < 1.29 is 11.4 Å². The molecule has 2 aromatic carbocycles. The zero-order valence-electron chi connectivity index (χ0n) is 22.2. The molecule has 3 heterocycles. The fraction of sp³-hybridized carbons (Fsp3) is 0.308. The Labute approximate surface area is 179 Å². The van der Waals surface area contributed by atoms with Crippen molar-refractivity contribution >= 4 is 28.1 Å². The van der Waals surface area contributed by atoms with E-state index in [2.05, 4.69) is 4.98 Å². The number of fused-ring (bicyclic) bond motifs is 4. The number of rotatable bonds is 3. The normalized spacial score (nSPS) is 16.7. The topological polar surface area (TPSA) is 21.7 Å². The van der Waals surface area contributed by atoms with Gasteiger partial charge in [-0.25, -0.2) is 4.98 Å². The first-order valence-electron chi connectivity index (χ1n) is 12.6. The van der Waals surface area contributed by atoms with E-state index in [9.17, 15) is 0 Å². The number of benzene rings is 2. The van der Waals surface area contributed by atoms with Crippen molar-refractivity contribution in [2.45, 2.75) is 40.4 Å². The Balaban J connectivity index is 1.82. The van der Waals surface area contributed by atoms with Gasteiger partial charge in [-0.2, -0.15) is 4.57 Å². The van der Waals surface area contributed by atoms with Gasteiger partial charge in [-0.1, -0.05) is 32.1 Å². The van der Waals surface area contributed by atoms with Crippen LogP contribution < -0.4 is 4.57 Å². The predicted molar refractivity (Wildman–Crippen MR) is 121 cm³/mol. The van der Waals surface area contributed by atoms with Crippen LogP contribution in [0.15, 0.2) is 42.5 Å². The number of imidazole rings is 1. The van der Waals surface area contributed by atoms with Crippen molar-refractivity contribution in [3.05, 3.63) is 65.0 Å². The van der Waals surface area contributed by atoms with Gasteiger partial charge in [0.15, 0.2) is 0 Å². The highest BCUT2D eigenvalue weighted by molar-refractivity contribution is 5.89. The molecule has 0 bridgehead atoms. The molecule has 1 aliphatic rings. The molecule has 2 aromatic heterocycles. The Morgan fingerprint density at radius 2 is 2.10 bits per heavy atom. The summed E-state index contributed by atoms with van der Waals surface area (Å²) in [6.07, 6.45) is 3.19. The van der Waals surface area contributed by atoms with Crippen molar-refractivity contribution in [2.24, 2.45) is 13.0 Å². The molecule has 29 heavy (non-hydrogen) atoms. The SMILES string of the molecule is [2H]C([2H])([2H])c1c(C)c(-c2ccc3c(C([2H])([2H])C(C)C)cccc3[n+]2C)cc2c1nc1n2C=CC1. The maximum Gasteiger partial charge on any atom is 0.213 e. The zero-order valence-corrected chi connectivity index (χ0v) is 17.2. The summed E-state index contributed by atoms with van der Waals surface area (Å²) in [5.41, 5.74) is 5.58. The van der Waals surface area contributed by atoms with E-state index in [1.165, 1.54) is 0 Å². The summed E-state index contributed by atoms with van der Waals surface area (Å²) in [6, 6.07) is 11.7. The van der Waals surface area contributed by atoms with E-state index < -0.39 is 13.2 Å². The van der Waals surface area contributed by atoms with Gasteiger partial charge in [0.25, 0.3) is 0 Å². The highest BCUT2D eigenvalue weighted by Gasteiger charge is 2.22. The van der Waals surface area contributed by atoms with E-state index >= 15 is 0 Å². The molecule has 0 fully saturated rings. The van der Waals surface area contributed by atoms with E-state index in [-0.39, 0.29) is 5.92 Å². The number of aryl methyl sites for hydroxylation is 2. The Morgan fingerprint density at radius 3 is 2.90 bits per heavy atom. The Bertz CT molecular complexity index is 1490. The average molecular weight is 388 g/mol. The summed E-state index contributed by atoms with van der Waals surface area (Å²) in [5, 5.41) is 0.857. The van der Waals surface area contributed by atoms with Crippen LogP contribution in [-0.4, -0.2) is 9.55 Å². The maximum atomic E-state index is 8.65. The molecule has 1 aliphatic heterocycles. The molecule has 5 rings (SSSR count). The molecular formula is C26H28N3+. The lowest BCUT2D eigenvalue weighted by Gasteiger charge is -2.12.